The van der Waals surface area contributed by atoms with Gasteiger partial charge in [0.15, 0.2) is 5.11 Å². The second-order valence-corrected chi connectivity index (χ2v) is 9.61. The molecule has 0 aromatic heterocycles. The number of amides is 1. The summed E-state index contributed by atoms with van der Waals surface area (Å²) in [6, 6.07) is 22.4. The van der Waals surface area contributed by atoms with E-state index in [9.17, 15) is 13.2 Å². The molecule has 0 radical (unpaired) electrons. The minimum atomic E-state index is -3.64. The number of hydrogen-bond donors (Lipinski definition) is 3. The Bertz CT molecular complexity index is 1220. The Morgan fingerprint density at radius 3 is 2.26 bits per heavy atom. The number of sulfonamides is 1. The van der Waals surface area contributed by atoms with E-state index in [1.54, 1.807) is 43.5 Å². The highest BCUT2D eigenvalue weighted by Gasteiger charge is 2.14. The van der Waals surface area contributed by atoms with E-state index in [4.69, 9.17) is 21.7 Å². The highest BCUT2D eigenvalue weighted by atomic mass is 32.2. The summed E-state index contributed by atoms with van der Waals surface area (Å²) in [5.74, 6) is 0.247. The predicted octanol–water partition coefficient (Wildman–Crippen LogP) is 3.36. The maximum absolute atomic E-state index is 12.5. The summed E-state index contributed by atoms with van der Waals surface area (Å²) in [5.41, 5.74) is 2.01. The summed E-state index contributed by atoms with van der Waals surface area (Å²) >= 11 is 5.21. The Balaban J connectivity index is 1.48. The molecular formula is C25H27N3O5S2. The highest BCUT2D eigenvalue weighted by Crippen LogP contribution is 2.15. The minimum absolute atomic E-state index is 0.0898. The quantitative estimate of drug-likeness (QED) is 0.267. The third-order valence-electron chi connectivity index (χ3n) is 4.87. The van der Waals surface area contributed by atoms with E-state index in [2.05, 4.69) is 15.4 Å². The maximum Gasteiger partial charge on any atom is 0.257 e. The standard InChI is InChI=1S/C25H27N3O5S2/c1-32-17-18-33-22-11-7-20(8-12-22)24(29)28-25(34)27-21-9-13-23(14-10-21)35(30,31)26-16-15-19-5-3-2-4-6-19/h2-14,26H,15-18H2,1H3,(H2,27,28,29,34). The molecule has 0 atom stereocenters. The zero-order valence-corrected chi connectivity index (χ0v) is 20.8. The highest BCUT2D eigenvalue weighted by molar-refractivity contribution is 7.89. The molecule has 1 amide bonds. The van der Waals surface area contributed by atoms with Crippen LogP contribution < -0.4 is 20.1 Å². The molecular weight excluding hydrogens is 486 g/mol. The molecule has 0 bridgehead atoms. The lowest BCUT2D eigenvalue weighted by Gasteiger charge is -2.11. The van der Waals surface area contributed by atoms with Crippen molar-refractivity contribution in [1.29, 1.82) is 0 Å². The van der Waals surface area contributed by atoms with E-state index in [0.29, 0.717) is 43.2 Å². The number of anilines is 1. The molecule has 0 aliphatic carbocycles. The number of rotatable bonds is 11. The van der Waals surface area contributed by atoms with Gasteiger partial charge in [-0.15, -0.1) is 0 Å². The van der Waals surface area contributed by atoms with E-state index in [0.717, 1.165) is 5.56 Å². The fourth-order valence-electron chi connectivity index (χ4n) is 3.06. The van der Waals surface area contributed by atoms with Gasteiger partial charge in [-0.1, -0.05) is 30.3 Å². The molecule has 3 aromatic rings. The fourth-order valence-corrected chi connectivity index (χ4v) is 4.30. The first kappa shape index (κ1) is 26.3. The van der Waals surface area contributed by atoms with Gasteiger partial charge in [-0.2, -0.15) is 0 Å². The molecule has 3 aromatic carbocycles. The van der Waals surface area contributed by atoms with Crippen molar-refractivity contribution in [1.82, 2.24) is 10.0 Å². The number of hydrogen-bond acceptors (Lipinski definition) is 6. The van der Waals surface area contributed by atoms with Gasteiger partial charge in [0.2, 0.25) is 10.0 Å². The lowest BCUT2D eigenvalue weighted by Crippen LogP contribution is -2.34. The Hall–Kier alpha value is -3.31. The topological polar surface area (TPSA) is 106 Å². The van der Waals surface area contributed by atoms with E-state index >= 15 is 0 Å². The van der Waals surface area contributed by atoms with Crippen molar-refractivity contribution in [3.63, 3.8) is 0 Å². The SMILES string of the molecule is COCCOc1ccc(C(=O)NC(=S)Nc2ccc(S(=O)(=O)NCCc3ccccc3)cc2)cc1. The molecule has 35 heavy (non-hydrogen) atoms. The van der Waals surface area contributed by atoms with Gasteiger partial charge < -0.3 is 14.8 Å². The van der Waals surface area contributed by atoms with Crippen LogP contribution in [0.25, 0.3) is 0 Å². The summed E-state index contributed by atoms with van der Waals surface area (Å²) < 4.78 is 38.1. The third-order valence-corrected chi connectivity index (χ3v) is 6.55. The predicted molar refractivity (Wildman–Crippen MR) is 139 cm³/mol. The summed E-state index contributed by atoms with van der Waals surface area (Å²) in [7, 11) is -2.05. The van der Waals surface area contributed by atoms with E-state index in [1.807, 2.05) is 30.3 Å². The van der Waals surface area contributed by atoms with Gasteiger partial charge in [0, 0.05) is 24.9 Å². The lowest BCUT2D eigenvalue weighted by molar-refractivity contribution is 0.0977. The molecule has 10 heteroatoms. The molecule has 0 heterocycles. The van der Waals surface area contributed by atoms with Gasteiger partial charge in [-0.05, 0) is 72.7 Å². The molecule has 0 unspecified atom stereocenters. The summed E-state index contributed by atoms with van der Waals surface area (Å²) in [5, 5.41) is 5.56. The van der Waals surface area contributed by atoms with E-state index < -0.39 is 10.0 Å². The van der Waals surface area contributed by atoms with Gasteiger partial charge in [-0.25, -0.2) is 13.1 Å². The first-order chi connectivity index (χ1) is 16.9. The molecule has 3 N–H and O–H groups in total. The Kier molecular flexibility index (Phi) is 9.74. The van der Waals surface area contributed by atoms with Crippen LogP contribution in [0.15, 0.2) is 83.8 Å². The average molecular weight is 514 g/mol. The van der Waals surface area contributed by atoms with Crippen molar-refractivity contribution in [3.05, 3.63) is 90.0 Å². The van der Waals surface area contributed by atoms with Crippen molar-refractivity contribution < 1.29 is 22.7 Å². The van der Waals surface area contributed by atoms with Crippen LogP contribution in [0.2, 0.25) is 0 Å². The van der Waals surface area contributed by atoms with Crippen molar-refractivity contribution in [2.45, 2.75) is 11.3 Å². The number of thiocarbonyl (C=S) groups is 1. The number of methoxy groups -OCH3 is 1. The fraction of sp³-hybridized carbons (Fsp3) is 0.200. The summed E-state index contributed by atoms with van der Waals surface area (Å²) in [6.45, 7) is 1.18. The van der Waals surface area contributed by atoms with Crippen LogP contribution >= 0.6 is 12.2 Å². The molecule has 184 valence electrons. The second-order valence-electron chi connectivity index (χ2n) is 7.43. The molecule has 0 fully saturated rings. The molecule has 0 aliphatic heterocycles. The zero-order valence-electron chi connectivity index (χ0n) is 19.2. The molecule has 0 saturated carbocycles. The third kappa shape index (κ3) is 8.45. The smallest absolute Gasteiger partial charge is 0.257 e. The number of carbonyl (C=O) groups excluding carboxylic acids is 1. The van der Waals surface area contributed by atoms with Crippen LogP contribution in [-0.4, -0.2) is 46.3 Å². The first-order valence-corrected chi connectivity index (χ1v) is 12.7. The molecule has 0 aliphatic rings. The Labute approximate surface area is 210 Å². The van der Waals surface area contributed by atoms with Gasteiger partial charge >= 0.3 is 0 Å². The number of nitrogens with one attached hydrogen (secondary N) is 3. The van der Waals surface area contributed by atoms with E-state index in [1.165, 1.54) is 12.1 Å². The first-order valence-electron chi connectivity index (χ1n) is 10.9. The number of ether oxygens (including phenoxy) is 2. The average Bonchev–Trinajstić information content (AvgIpc) is 2.85. The second kappa shape index (κ2) is 13.0. The maximum atomic E-state index is 12.5. The van der Waals surface area contributed by atoms with Crippen molar-refractivity contribution in [2.75, 3.05) is 32.2 Å². The van der Waals surface area contributed by atoms with E-state index in [-0.39, 0.29) is 15.9 Å². The summed E-state index contributed by atoms with van der Waals surface area (Å²) in [6.07, 6.45) is 0.594. The number of carbonyl (C=O) groups is 1. The lowest BCUT2D eigenvalue weighted by atomic mass is 10.2. The molecule has 0 saturated heterocycles. The Morgan fingerprint density at radius 1 is 0.914 bits per heavy atom. The number of benzene rings is 3. The monoisotopic (exact) mass is 513 g/mol. The van der Waals surface area contributed by atoms with Crippen molar-refractivity contribution >= 4 is 38.9 Å². The van der Waals surface area contributed by atoms with Gasteiger partial charge in [0.1, 0.15) is 12.4 Å². The van der Waals surface area contributed by atoms with Gasteiger partial charge in [0.25, 0.3) is 5.91 Å². The molecule has 8 nitrogen and oxygen atoms in total. The van der Waals surface area contributed by atoms with Crippen LogP contribution in [0.5, 0.6) is 5.75 Å². The van der Waals surface area contributed by atoms with Crippen molar-refractivity contribution in [2.24, 2.45) is 0 Å². The van der Waals surface area contributed by atoms with Crippen LogP contribution in [0.3, 0.4) is 0 Å². The molecule has 3 rings (SSSR count). The molecule has 0 spiro atoms. The van der Waals surface area contributed by atoms with Crippen LogP contribution in [0, 0.1) is 0 Å². The summed E-state index contributed by atoms with van der Waals surface area (Å²) in [4.78, 5) is 12.6. The van der Waals surface area contributed by atoms with Crippen LogP contribution in [0.4, 0.5) is 5.69 Å². The largest absolute Gasteiger partial charge is 0.491 e. The zero-order chi connectivity index (χ0) is 25.1. The Morgan fingerprint density at radius 2 is 1.60 bits per heavy atom. The van der Waals surface area contributed by atoms with Gasteiger partial charge in [-0.3, -0.25) is 10.1 Å². The minimum Gasteiger partial charge on any atom is -0.491 e. The normalized spacial score (nSPS) is 11.0. The van der Waals surface area contributed by atoms with Crippen LogP contribution in [-0.2, 0) is 21.2 Å². The van der Waals surface area contributed by atoms with Crippen molar-refractivity contribution in [3.8, 4) is 5.75 Å². The van der Waals surface area contributed by atoms with Gasteiger partial charge in [0.05, 0.1) is 11.5 Å². The van der Waals surface area contributed by atoms with Crippen LogP contribution in [0.1, 0.15) is 15.9 Å².